The SMILES string of the molecule is CO[Si](C)C.[NH-]CN.[Y]. The Kier molecular flexibility index (Phi) is 29.8. The van der Waals surface area contributed by atoms with Crippen molar-refractivity contribution in [2.24, 2.45) is 5.73 Å². The van der Waals surface area contributed by atoms with Crippen molar-refractivity contribution in [2.75, 3.05) is 13.8 Å². The van der Waals surface area contributed by atoms with Crippen molar-refractivity contribution in [1.29, 1.82) is 0 Å². The smallest absolute Gasteiger partial charge is 0.204 e. The fourth-order valence-corrected chi connectivity index (χ4v) is 0. The Hall–Kier alpha value is 1.20. The van der Waals surface area contributed by atoms with E-state index in [0.29, 0.717) is 0 Å². The van der Waals surface area contributed by atoms with Gasteiger partial charge in [0.25, 0.3) is 0 Å². The molecule has 0 amide bonds. The molecule has 0 atom stereocenters. The summed E-state index contributed by atoms with van der Waals surface area (Å²) < 4.78 is 4.85. The maximum absolute atomic E-state index is 5.99. The van der Waals surface area contributed by atoms with E-state index >= 15 is 0 Å². The van der Waals surface area contributed by atoms with Crippen molar-refractivity contribution >= 4 is 9.04 Å². The van der Waals surface area contributed by atoms with Crippen LogP contribution < -0.4 is 5.73 Å². The van der Waals surface area contributed by atoms with Crippen LogP contribution in [0.4, 0.5) is 0 Å². The van der Waals surface area contributed by atoms with Crippen molar-refractivity contribution in [3.8, 4) is 0 Å². The second-order valence-electron chi connectivity index (χ2n) is 1.32. The summed E-state index contributed by atoms with van der Waals surface area (Å²) in [5.41, 5.74) is 10.5. The van der Waals surface area contributed by atoms with Gasteiger partial charge in [-0.25, -0.2) is 0 Å². The van der Waals surface area contributed by atoms with E-state index in [0.717, 1.165) is 0 Å². The van der Waals surface area contributed by atoms with Crippen LogP contribution in [0.3, 0.4) is 0 Å². The van der Waals surface area contributed by atoms with Gasteiger partial charge in [-0.05, 0) is 13.1 Å². The van der Waals surface area contributed by atoms with Gasteiger partial charge in [0.2, 0.25) is 9.04 Å². The van der Waals surface area contributed by atoms with Crippen LogP contribution in [-0.2, 0) is 37.1 Å². The number of nitrogens with one attached hydrogen (secondary N) is 1. The van der Waals surface area contributed by atoms with E-state index in [4.69, 9.17) is 10.2 Å². The molecule has 3 N–H and O–H groups in total. The Morgan fingerprint density at radius 2 is 1.67 bits per heavy atom. The van der Waals surface area contributed by atoms with Gasteiger partial charge in [0, 0.05) is 39.8 Å². The third kappa shape index (κ3) is 46.6. The summed E-state index contributed by atoms with van der Waals surface area (Å²) in [7, 11) is 1.37. The first-order valence-corrected chi connectivity index (χ1v) is 4.78. The number of rotatable bonds is 1. The molecule has 0 aromatic carbocycles. The Bertz CT molecular complexity index is 39.7. The summed E-state index contributed by atoms with van der Waals surface area (Å²) in [6.07, 6.45) is 0. The van der Waals surface area contributed by atoms with Gasteiger partial charge >= 0.3 is 0 Å². The third-order valence-electron chi connectivity index (χ3n) is 0.408. The quantitative estimate of drug-likeness (QED) is 0.669. The molecule has 54 valence electrons. The zero-order chi connectivity index (χ0) is 6.99. The molecule has 9 heavy (non-hydrogen) atoms. The molecule has 3 nitrogen and oxygen atoms in total. The van der Waals surface area contributed by atoms with Gasteiger partial charge in [-0.2, -0.15) is 0 Å². The average Bonchev–Trinajstić information content (AvgIpc) is 1.69. The first-order valence-electron chi connectivity index (χ1n) is 2.37. The molecule has 0 heterocycles. The number of hydrogen-bond acceptors (Lipinski definition) is 2. The monoisotopic (exact) mass is 223 g/mol. The second-order valence-corrected chi connectivity index (χ2v) is 3.54. The minimum atomic E-state index is -0.374. The second kappa shape index (κ2) is 16.1. The molecule has 2 radical (unpaired) electrons. The van der Waals surface area contributed by atoms with Crippen molar-refractivity contribution < 1.29 is 37.1 Å². The third-order valence-corrected chi connectivity index (χ3v) is 1.22. The van der Waals surface area contributed by atoms with Crippen LogP contribution in [0.2, 0.25) is 13.1 Å². The molecule has 0 aliphatic rings. The molecule has 0 rings (SSSR count). The van der Waals surface area contributed by atoms with E-state index in [9.17, 15) is 0 Å². The van der Waals surface area contributed by atoms with Crippen LogP contribution in [0.1, 0.15) is 0 Å². The largest absolute Gasteiger partial charge is 0.665 e. The molecule has 0 aromatic rings. The molecule has 5 heteroatoms. The molecule has 0 unspecified atom stereocenters. The molecule has 0 bridgehead atoms. The zero-order valence-electron chi connectivity index (χ0n) is 6.27. The molecular weight excluding hydrogens is 209 g/mol. The van der Waals surface area contributed by atoms with Crippen LogP contribution in [0, 0.1) is 0 Å². The first-order chi connectivity index (χ1) is 3.68. The van der Waals surface area contributed by atoms with Crippen molar-refractivity contribution in [3.05, 3.63) is 5.73 Å². The molecule has 0 aliphatic carbocycles. The normalized spacial score (nSPS) is 7.33. The van der Waals surface area contributed by atoms with Gasteiger partial charge in [0.05, 0.1) is 0 Å². The summed E-state index contributed by atoms with van der Waals surface area (Å²) in [5, 5.41) is 0. The summed E-state index contributed by atoms with van der Waals surface area (Å²) >= 11 is 0. The summed E-state index contributed by atoms with van der Waals surface area (Å²) in [6.45, 7) is 4.20. The van der Waals surface area contributed by atoms with Crippen LogP contribution in [0.15, 0.2) is 0 Å². The van der Waals surface area contributed by atoms with Gasteiger partial charge in [-0.1, -0.05) is 0 Å². The summed E-state index contributed by atoms with van der Waals surface area (Å²) in [4.78, 5) is 0. The van der Waals surface area contributed by atoms with Crippen LogP contribution in [0.5, 0.6) is 0 Å². The summed E-state index contributed by atoms with van der Waals surface area (Å²) in [5.74, 6) is 0. The fraction of sp³-hybridized carbons (Fsp3) is 1.00. The Morgan fingerprint density at radius 1 is 1.56 bits per heavy atom. The average molecular weight is 223 g/mol. The minimum Gasteiger partial charge on any atom is -0.665 e. The number of hydrogen-bond donors (Lipinski definition) is 1. The van der Waals surface area contributed by atoms with Gasteiger partial charge < -0.3 is 15.9 Å². The van der Waals surface area contributed by atoms with Gasteiger partial charge in [0.1, 0.15) is 0 Å². The van der Waals surface area contributed by atoms with Crippen molar-refractivity contribution in [1.82, 2.24) is 0 Å². The molecule has 0 spiro atoms. The molecular formula is C4H14N2OSiY-. The van der Waals surface area contributed by atoms with E-state index in [-0.39, 0.29) is 48.4 Å². The molecule has 0 aliphatic heterocycles. The van der Waals surface area contributed by atoms with E-state index in [1.807, 2.05) is 0 Å². The van der Waals surface area contributed by atoms with E-state index in [1.54, 1.807) is 7.11 Å². The van der Waals surface area contributed by atoms with Gasteiger partial charge in [-0.15, -0.1) is 6.67 Å². The van der Waals surface area contributed by atoms with Crippen LogP contribution in [-0.4, -0.2) is 22.8 Å². The van der Waals surface area contributed by atoms with Crippen LogP contribution in [0.25, 0.3) is 5.73 Å². The van der Waals surface area contributed by atoms with E-state index in [2.05, 4.69) is 18.8 Å². The Labute approximate surface area is 84.1 Å². The van der Waals surface area contributed by atoms with Gasteiger partial charge in [-0.3, -0.25) is 0 Å². The predicted octanol–water partition coefficient (Wildman–Crippen LogP) is 0.836. The summed E-state index contributed by atoms with van der Waals surface area (Å²) in [6, 6.07) is 0. The molecule has 0 saturated heterocycles. The first kappa shape index (κ1) is 16.7. The maximum atomic E-state index is 5.99. The molecule has 0 fully saturated rings. The Balaban J connectivity index is -0.0000000800. The fourth-order valence-electron chi connectivity index (χ4n) is 0. The van der Waals surface area contributed by atoms with E-state index in [1.165, 1.54) is 0 Å². The zero-order valence-corrected chi connectivity index (χ0v) is 10.1. The standard InChI is InChI=1S/C3H9OSi.CH5N2.Y/c1-4-5(2)3;2-1-3;/h1-3H3;2H,1,3H2;/q;-1;. The molecule has 0 saturated carbocycles. The Morgan fingerprint density at radius 3 is 1.67 bits per heavy atom. The van der Waals surface area contributed by atoms with Gasteiger partial charge in [0.15, 0.2) is 0 Å². The van der Waals surface area contributed by atoms with E-state index < -0.39 is 0 Å². The van der Waals surface area contributed by atoms with Crippen molar-refractivity contribution in [3.63, 3.8) is 0 Å². The molecule has 0 aromatic heterocycles. The topological polar surface area (TPSA) is 59.0 Å². The van der Waals surface area contributed by atoms with Crippen LogP contribution >= 0.6 is 0 Å². The maximum Gasteiger partial charge on any atom is 0.204 e. The number of nitrogens with two attached hydrogens (primary N) is 1. The van der Waals surface area contributed by atoms with Crippen molar-refractivity contribution in [2.45, 2.75) is 13.1 Å². The predicted molar refractivity (Wildman–Crippen MR) is 37.9 cm³/mol. The minimum absolute atomic E-state index is 0.